The van der Waals surface area contributed by atoms with Crippen LogP contribution in [0.3, 0.4) is 0 Å². The number of fused-ring (bicyclic) bond motifs is 1. The van der Waals surface area contributed by atoms with Gasteiger partial charge in [0, 0.05) is 11.1 Å². The second-order valence-electron chi connectivity index (χ2n) is 8.33. The van der Waals surface area contributed by atoms with Crippen LogP contribution in [0.15, 0.2) is 24.3 Å². The van der Waals surface area contributed by atoms with Gasteiger partial charge in [-0.05, 0) is 56.4 Å². The van der Waals surface area contributed by atoms with E-state index in [4.69, 9.17) is 4.74 Å². The van der Waals surface area contributed by atoms with Crippen LogP contribution in [-0.4, -0.2) is 28.1 Å². The summed E-state index contributed by atoms with van der Waals surface area (Å²) in [5.74, 6) is 0.304. The van der Waals surface area contributed by atoms with E-state index in [9.17, 15) is 14.7 Å². The van der Waals surface area contributed by atoms with Crippen LogP contribution in [0.5, 0.6) is 0 Å². The molecular weight excluding hydrogens is 306 g/mol. The van der Waals surface area contributed by atoms with Crippen LogP contribution in [0.2, 0.25) is 0 Å². The van der Waals surface area contributed by atoms with Gasteiger partial charge in [0.2, 0.25) is 6.10 Å². The second-order valence-corrected chi connectivity index (χ2v) is 8.33. The van der Waals surface area contributed by atoms with Crippen molar-refractivity contribution < 1.29 is 19.4 Å². The van der Waals surface area contributed by atoms with Gasteiger partial charge in [0.15, 0.2) is 0 Å². The van der Waals surface area contributed by atoms with Gasteiger partial charge >= 0.3 is 5.97 Å². The summed E-state index contributed by atoms with van der Waals surface area (Å²) in [6.45, 7) is 0. The van der Waals surface area contributed by atoms with Crippen molar-refractivity contribution in [2.75, 3.05) is 0 Å². The van der Waals surface area contributed by atoms with E-state index in [-0.39, 0.29) is 11.4 Å². The first-order chi connectivity index (χ1) is 11.5. The molecule has 4 bridgehead atoms. The number of benzene rings is 1. The largest absolute Gasteiger partial charge is 0.444 e. The minimum atomic E-state index is -0.864. The van der Waals surface area contributed by atoms with Crippen molar-refractivity contribution in [1.29, 1.82) is 0 Å². The molecule has 0 saturated heterocycles. The SMILES string of the molecule is O=C1OC(C(=O)NC23CC4CC(CC(O)(C4)C2)C3)c2ccccc21. The first kappa shape index (κ1) is 14.5. The average Bonchev–Trinajstić information content (AvgIpc) is 2.82. The van der Waals surface area contributed by atoms with Crippen LogP contribution >= 0.6 is 0 Å². The average molecular weight is 327 g/mol. The van der Waals surface area contributed by atoms with Crippen molar-refractivity contribution in [2.24, 2.45) is 11.8 Å². The lowest BCUT2D eigenvalue weighted by Crippen LogP contribution is -2.65. The highest BCUT2D eigenvalue weighted by atomic mass is 16.6. The number of hydrogen-bond donors (Lipinski definition) is 2. The number of aliphatic hydroxyl groups is 1. The van der Waals surface area contributed by atoms with Crippen LogP contribution in [0.1, 0.15) is 60.6 Å². The number of nitrogens with one attached hydrogen (secondary N) is 1. The van der Waals surface area contributed by atoms with Gasteiger partial charge in [-0.25, -0.2) is 4.79 Å². The quantitative estimate of drug-likeness (QED) is 0.816. The molecule has 4 aliphatic carbocycles. The molecule has 1 aromatic rings. The van der Waals surface area contributed by atoms with Gasteiger partial charge in [-0.15, -0.1) is 0 Å². The van der Waals surface area contributed by atoms with Gasteiger partial charge in [-0.2, -0.15) is 0 Å². The maximum Gasteiger partial charge on any atom is 0.339 e. The third-order valence-corrected chi connectivity index (χ3v) is 6.34. The number of amides is 1. The van der Waals surface area contributed by atoms with Gasteiger partial charge < -0.3 is 15.2 Å². The normalized spacial score (nSPS) is 41.9. The highest BCUT2D eigenvalue weighted by Gasteiger charge is 2.58. The summed E-state index contributed by atoms with van der Waals surface area (Å²) < 4.78 is 5.32. The van der Waals surface area contributed by atoms with Crippen molar-refractivity contribution in [3.8, 4) is 0 Å². The number of carbonyl (C=O) groups excluding carboxylic acids is 2. The zero-order valence-electron chi connectivity index (χ0n) is 13.5. The van der Waals surface area contributed by atoms with E-state index in [1.54, 1.807) is 18.2 Å². The van der Waals surface area contributed by atoms with Crippen molar-refractivity contribution in [3.05, 3.63) is 35.4 Å². The molecule has 1 amide bonds. The molecule has 1 aliphatic heterocycles. The monoisotopic (exact) mass is 327 g/mol. The van der Waals surface area contributed by atoms with Crippen LogP contribution in [0.4, 0.5) is 0 Å². The van der Waals surface area contributed by atoms with E-state index in [1.807, 2.05) is 6.07 Å². The molecule has 126 valence electrons. The Kier molecular flexibility index (Phi) is 2.77. The molecule has 0 aromatic heterocycles. The van der Waals surface area contributed by atoms with Gasteiger partial charge in [-0.3, -0.25) is 4.79 Å². The molecule has 24 heavy (non-hydrogen) atoms. The molecule has 6 rings (SSSR count). The Morgan fingerprint density at radius 2 is 1.88 bits per heavy atom. The molecule has 3 unspecified atom stereocenters. The van der Waals surface area contributed by atoms with E-state index < -0.39 is 17.7 Å². The zero-order chi connectivity index (χ0) is 16.5. The Balaban J connectivity index is 1.41. The summed E-state index contributed by atoms with van der Waals surface area (Å²) in [5, 5.41) is 14.0. The summed E-state index contributed by atoms with van der Waals surface area (Å²) >= 11 is 0. The maximum absolute atomic E-state index is 12.9. The summed E-state index contributed by atoms with van der Waals surface area (Å²) in [5.41, 5.74) is 0.159. The summed E-state index contributed by atoms with van der Waals surface area (Å²) in [6.07, 6.45) is 4.52. The Hall–Kier alpha value is -1.88. The Morgan fingerprint density at radius 1 is 1.17 bits per heavy atom. The van der Waals surface area contributed by atoms with Gasteiger partial charge in [0.1, 0.15) is 0 Å². The number of carbonyl (C=O) groups is 2. The Morgan fingerprint density at radius 3 is 2.58 bits per heavy atom. The van der Waals surface area contributed by atoms with Crippen LogP contribution in [-0.2, 0) is 9.53 Å². The highest BCUT2D eigenvalue weighted by Crippen LogP contribution is 2.57. The number of esters is 1. The van der Waals surface area contributed by atoms with Crippen molar-refractivity contribution in [2.45, 2.75) is 55.8 Å². The molecule has 5 nitrogen and oxygen atoms in total. The van der Waals surface area contributed by atoms with Crippen molar-refractivity contribution >= 4 is 11.9 Å². The fraction of sp³-hybridized carbons (Fsp3) is 0.579. The molecular formula is C19H21NO4. The number of rotatable bonds is 2. The molecule has 5 aliphatic rings. The minimum absolute atomic E-state index is 0.251. The number of cyclic esters (lactones) is 1. The van der Waals surface area contributed by atoms with Gasteiger partial charge in [0.05, 0.1) is 11.2 Å². The van der Waals surface area contributed by atoms with E-state index in [0.717, 1.165) is 25.7 Å². The first-order valence-corrected chi connectivity index (χ1v) is 8.80. The fourth-order valence-corrected chi connectivity index (χ4v) is 6.03. The van der Waals surface area contributed by atoms with E-state index in [2.05, 4.69) is 5.32 Å². The predicted molar refractivity (Wildman–Crippen MR) is 85.1 cm³/mol. The molecule has 1 aromatic carbocycles. The standard InChI is InChI=1S/C19H21NO4/c21-16(15-13-3-1-2-4-14(13)17(22)24-15)20-18-6-11-5-12(7-18)9-19(23,8-11)10-18/h1-4,11-12,15,23H,5-10H2,(H,20,21). The fourth-order valence-electron chi connectivity index (χ4n) is 6.03. The maximum atomic E-state index is 12.9. The van der Waals surface area contributed by atoms with Crippen LogP contribution < -0.4 is 5.32 Å². The summed E-state index contributed by atoms with van der Waals surface area (Å²) in [4.78, 5) is 24.8. The van der Waals surface area contributed by atoms with Gasteiger partial charge in [0.25, 0.3) is 5.91 Å². The molecule has 2 N–H and O–H groups in total. The lowest BCUT2D eigenvalue weighted by molar-refractivity contribution is -0.154. The minimum Gasteiger partial charge on any atom is -0.444 e. The Labute approximate surface area is 140 Å². The zero-order valence-corrected chi connectivity index (χ0v) is 13.5. The van der Waals surface area contributed by atoms with Crippen molar-refractivity contribution in [3.63, 3.8) is 0 Å². The number of hydrogen-bond acceptors (Lipinski definition) is 4. The van der Waals surface area contributed by atoms with Gasteiger partial charge in [-0.1, -0.05) is 18.2 Å². The van der Waals surface area contributed by atoms with Crippen LogP contribution in [0.25, 0.3) is 0 Å². The smallest absolute Gasteiger partial charge is 0.339 e. The molecule has 5 heteroatoms. The first-order valence-electron chi connectivity index (χ1n) is 8.80. The lowest BCUT2D eigenvalue weighted by atomic mass is 9.51. The molecule has 4 saturated carbocycles. The third-order valence-electron chi connectivity index (χ3n) is 6.34. The second kappa shape index (κ2) is 4.60. The number of ether oxygens (including phenoxy) is 1. The predicted octanol–water partition coefficient (Wildman–Crippen LogP) is 2.10. The van der Waals surface area contributed by atoms with E-state index in [0.29, 0.717) is 29.4 Å². The van der Waals surface area contributed by atoms with E-state index >= 15 is 0 Å². The molecule has 4 fully saturated rings. The third kappa shape index (κ3) is 2.04. The molecule has 1 heterocycles. The summed E-state index contributed by atoms with van der Waals surface area (Å²) in [7, 11) is 0. The molecule has 3 atom stereocenters. The Bertz CT molecular complexity index is 729. The lowest BCUT2D eigenvalue weighted by Gasteiger charge is -2.60. The van der Waals surface area contributed by atoms with Crippen LogP contribution in [0, 0.1) is 11.8 Å². The topological polar surface area (TPSA) is 75.6 Å². The molecule has 0 spiro atoms. The van der Waals surface area contributed by atoms with Crippen molar-refractivity contribution in [1.82, 2.24) is 5.32 Å². The highest BCUT2D eigenvalue weighted by molar-refractivity contribution is 5.99. The van der Waals surface area contributed by atoms with E-state index in [1.165, 1.54) is 6.42 Å². The summed E-state index contributed by atoms with van der Waals surface area (Å²) in [6, 6.07) is 7.06. The molecule has 0 radical (unpaired) electrons.